The van der Waals surface area contributed by atoms with E-state index in [2.05, 4.69) is 15.4 Å². The molecule has 0 fully saturated rings. The van der Waals surface area contributed by atoms with E-state index in [1.165, 1.54) is 0 Å². The predicted octanol–water partition coefficient (Wildman–Crippen LogP) is -2.39. The van der Waals surface area contributed by atoms with Gasteiger partial charge in [-0.3, -0.25) is 28.8 Å². The molecule has 3 atom stereocenters. The summed E-state index contributed by atoms with van der Waals surface area (Å²) in [5.74, 6) is -6.70. The maximum atomic E-state index is 12.1. The molecule has 0 saturated heterocycles. The van der Waals surface area contributed by atoms with E-state index in [0.29, 0.717) is 11.8 Å². The van der Waals surface area contributed by atoms with E-state index in [4.69, 9.17) is 21.1 Å². The maximum absolute atomic E-state index is 12.1. The van der Waals surface area contributed by atoms with Crippen LogP contribution in [0.3, 0.4) is 0 Å². The Bertz CT molecular complexity index is 642. The Hall–Kier alpha value is -2.87. The Balaban J connectivity index is 5.03. The van der Waals surface area contributed by atoms with Gasteiger partial charge in [-0.05, 0) is 6.42 Å². The molecule has 0 aliphatic rings. The summed E-state index contributed by atoms with van der Waals surface area (Å²) in [6.07, 6.45) is -1.02. The minimum absolute atomic E-state index is 0.210. The van der Waals surface area contributed by atoms with E-state index in [1.54, 1.807) is 0 Å². The Labute approximate surface area is 169 Å². The zero-order valence-corrected chi connectivity index (χ0v) is 16.3. The molecule has 0 bridgehead atoms. The van der Waals surface area contributed by atoms with Crippen molar-refractivity contribution in [2.75, 3.05) is 19.4 Å². The molecule has 0 heterocycles. The third-order valence-corrected chi connectivity index (χ3v) is 4.68. The number of thioether (sulfide) groups is 1. The minimum atomic E-state index is -1.34. The van der Waals surface area contributed by atoms with E-state index in [9.17, 15) is 28.8 Å². The van der Waals surface area contributed by atoms with Crippen LogP contribution in [0.5, 0.6) is 0 Å². The molecule has 0 aliphatic carbocycles. The summed E-state index contributed by atoms with van der Waals surface area (Å²) in [4.78, 5) is 67.9. The lowest BCUT2D eigenvalue weighted by atomic mass is 10.1. The van der Waals surface area contributed by atoms with E-state index < -0.39 is 66.0 Å². The van der Waals surface area contributed by atoms with Gasteiger partial charge in [-0.2, -0.15) is 0 Å². The quantitative estimate of drug-likeness (QED) is 0.157. The number of esters is 1. The summed E-state index contributed by atoms with van der Waals surface area (Å²) in [5, 5.41) is 29.6. The third-order valence-electron chi connectivity index (χ3n) is 3.38. The first kappa shape index (κ1) is 26.1. The number of amides is 2. The van der Waals surface area contributed by atoms with Gasteiger partial charge in [0.1, 0.15) is 23.9 Å². The predicted molar refractivity (Wildman–Crippen MR) is 97.9 cm³/mol. The number of hydrogen-bond donors (Lipinski definition) is 6. The molecule has 0 aliphatic heterocycles. The fourth-order valence-electron chi connectivity index (χ4n) is 1.81. The molecule has 0 saturated carbocycles. The second kappa shape index (κ2) is 13.3. The lowest BCUT2D eigenvalue weighted by Gasteiger charge is -2.20. The van der Waals surface area contributed by atoms with Crippen LogP contribution in [0.25, 0.3) is 0 Å². The lowest BCUT2D eigenvalue weighted by Crippen LogP contribution is -2.50. The van der Waals surface area contributed by atoms with Crippen molar-refractivity contribution in [2.45, 2.75) is 36.6 Å². The first-order chi connectivity index (χ1) is 13.5. The van der Waals surface area contributed by atoms with E-state index in [-0.39, 0.29) is 18.6 Å². The molecule has 0 aromatic rings. The normalized spacial score (nSPS) is 13.4. The Kier molecular flexibility index (Phi) is 12.0. The summed E-state index contributed by atoms with van der Waals surface area (Å²) in [6, 6.07) is -2.61. The van der Waals surface area contributed by atoms with Gasteiger partial charge >= 0.3 is 23.9 Å². The SMILES string of the molecule is COC(=O)CC(SCC(NC(=O)CCC(N)C(=O)O)C(=O)NCC(=O)O)C(=O)O. The number of nitrogens with two attached hydrogens (primary N) is 1. The van der Waals surface area contributed by atoms with Crippen molar-refractivity contribution in [1.82, 2.24) is 10.6 Å². The van der Waals surface area contributed by atoms with Crippen molar-refractivity contribution in [3.05, 3.63) is 0 Å². The highest BCUT2D eigenvalue weighted by Gasteiger charge is 2.28. The smallest absolute Gasteiger partial charge is 0.322 e. The van der Waals surface area contributed by atoms with Gasteiger partial charge in [0.15, 0.2) is 0 Å². The lowest BCUT2D eigenvalue weighted by molar-refractivity contribution is -0.145. The monoisotopic (exact) mass is 437 g/mol. The van der Waals surface area contributed by atoms with Crippen LogP contribution < -0.4 is 16.4 Å². The molecule has 2 amide bonds. The van der Waals surface area contributed by atoms with Gasteiger partial charge in [0.25, 0.3) is 0 Å². The highest BCUT2D eigenvalue weighted by atomic mass is 32.2. The second-order valence-electron chi connectivity index (χ2n) is 5.66. The van der Waals surface area contributed by atoms with Gasteiger partial charge in [-0.1, -0.05) is 0 Å². The van der Waals surface area contributed by atoms with Gasteiger partial charge < -0.3 is 36.4 Å². The summed E-state index contributed by atoms with van der Waals surface area (Å²) in [7, 11) is 1.08. The molecule has 3 unspecified atom stereocenters. The van der Waals surface area contributed by atoms with Crippen molar-refractivity contribution in [3.8, 4) is 0 Å². The number of nitrogens with one attached hydrogen (secondary N) is 2. The molecular weight excluding hydrogens is 414 g/mol. The molecule has 0 aromatic carbocycles. The van der Waals surface area contributed by atoms with Crippen LogP contribution in [-0.4, -0.2) is 87.8 Å². The average Bonchev–Trinajstić information content (AvgIpc) is 2.65. The molecule has 14 heteroatoms. The first-order valence-corrected chi connectivity index (χ1v) is 9.21. The maximum Gasteiger partial charge on any atom is 0.322 e. The highest BCUT2D eigenvalue weighted by molar-refractivity contribution is 8.00. The second-order valence-corrected chi connectivity index (χ2v) is 6.89. The fraction of sp³-hybridized carbons (Fsp3) is 0.600. The average molecular weight is 437 g/mol. The van der Waals surface area contributed by atoms with Crippen LogP contribution in [0.1, 0.15) is 19.3 Å². The molecule has 0 rings (SSSR count). The Morgan fingerprint density at radius 1 is 1.07 bits per heavy atom. The molecule has 164 valence electrons. The van der Waals surface area contributed by atoms with Crippen molar-refractivity contribution in [2.24, 2.45) is 5.73 Å². The van der Waals surface area contributed by atoms with Crippen molar-refractivity contribution in [3.63, 3.8) is 0 Å². The topological polar surface area (TPSA) is 222 Å². The number of hydrogen-bond acceptors (Lipinski definition) is 9. The van der Waals surface area contributed by atoms with Gasteiger partial charge in [0.05, 0.1) is 13.5 Å². The van der Waals surface area contributed by atoms with Gasteiger partial charge in [-0.15, -0.1) is 11.8 Å². The van der Waals surface area contributed by atoms with E-state index in [0.717, 1.165) is 7.11 Å². The number of ether oxygens (including phenoxy) is 1. The number of carboxylic acids is 3. The van der Waals surface area contributed by atoms with Gasteiger partial charge in [0.2, 0.25) is 11.8 Å². The van der Waals surface area contributed by atoms with E-state index in [1.807, 2.05) is 0 Å². The standard InChI is InChI=1S/C15H23N3O10S/c1-28-12(22)4-9(15(26)27)29-6-8(13(23)17-5-11(20)21)18-10(19)3-2-7(16)14(24)25/h7-9H,2-6,16H2,1H3,(H,17,23)(H,18,19)(H,20,21)(H,24,25)(H,26,27). The van der Waals surface area contributed by atoms with Crippen LogP contribution in [0.2, 0.25) is 0 Å². The molecule has 13 nitrogen and oxygen atoms in total. The zero-order chi connectivity index (χ0) is 22.6. The third kappa shape index (κ3) is 11.5. The number of aliphatic carboxylic acids is 3. The van der Waals surface area contributed by atoms with Crippen LogP contribution in [0.4, 0.5) is 0 Å². The van der Waals surface area contributed by atoms with Gasteiger partial charge in [0, 0.05) is 12.2 Å². The number of carboxylic acid groups (broad SMARTS) is 3. The summed E-state index contributed by atoms with van der Waals surface area (Å²) in [5.41, 5.74) is 5.29. The largest absolute Gasteiger partial charge is 0.480 e. The van der Waals surface area contributed by atoms with Crippen LogP contribution in [0, 0.1) is 0 Å². The first-order valence-electron chi connectivity index (χ1n) is 8.16. The molecule has 0 aromatic heterocycles. The number of carbonyl (C=O) groups is 6. The summed E-state index contributed by atoms with van der Waals surface area (Å²) in [6.45, 7) is -0.732. The number of carbonyl (C=O) groups excluding carboxylic acids is 3. The van der Waals surface area contributed by atoms with Gasteiger partial charge in [-0.25, -0.2) is 0 Å². The Morgan fingerprint density at radius 3 is 2.17 bits per heavy atom. The van der Waals surface area contributed by atoms with E-state index >= 15 is 0 Å². The molecule has 29 heavy (non-hydrogen) atoms. The summed E-state index contributed by atoms with van der Waals surface area (Å²) >= 11 is 0.673. The Morgan fingerprint density at radius 2 is 1.69 bits per heavy atom. The summed E-state index contributed by atoms with van der Waals surface area (Å²) < 4.78 is 4.40. The van der Waals surface area contributed by atoms with Crippen LogP contribution >= 0.6 is 11.8 Å². The van der Waals surface area contributed by atoms with Crippen molar-refractivity contribution >= 4 is 47.5 Å². The molecule has 7 N–H and O–H groups in total. The fourth-order valence-corrected chi connectivity index (χ4v) is 2.87. The van der Waals surface area contributed by atoms with Crippen molar-refractivity contribution < 1.29 is 48.8 Å². The number of methoxy groups -OCH3 is 1. The molecule has 0 spiro atoms. The minimum Gasteiger partial charge on any atom is -0.480 e. The van der Waals surface area contributed by atoms with Crippen LogP contribution in [-0.2, 0) is 33.5 Å². The molecule has 0 radical (unpaired) electrons. The number of rotatable bonds is 14. The van der Waals surface area contributed by atoms with Crippen LogP contribution in [0.15, 0.2) is 0 Å². The molecular formula is C15H23N3O10S. The zero-order valence-electron chi connectivity index (χ0n) is 15.5. The van der Waals surface area contributed by atoms with Crippen molar-refractivity contribution in [1.29, 1.82) is 0 Å². The highest BCUT2D eigenvalue weighted by Crippen LogP contribution is 2.17.